The van der Waals surface area contributed by atoms with Crippen LogP contribution in [-0.2, 0) is 14.3 Å². The Morgan fingerprint density at radius 3 is 2.76 bits per heavy atom. The zero-order chi connectivity index (χ0) is 23.5. The molecule has 0 radical (unpaired) electrons. The average Bonchev–Trinajstić information content (AvgIpc) is 3.33. The molecule has 1 amide bonds. The largest absolute Gasteiger partial charge is 0.466 e. The summed E-state index contributed by atoms with van der Waals surface area (Å²) < 4.78 is 11.9. The molecule has 0 saturated carbocycles. The highest BCUT2D eigenvalue weighted by Gasteiger charge is 2.31. The Balaban J connectivity index is 1.52. The van der Waals surface area contributed by atoms with Gasteiger partial charge in [-0.15, -0.1) is 11.3 Å². The molecule has 8 heteroatoms. The number of carbonyl (C=O) groups is 2. The summed E-state index contributed by atoms with van der Waals surface area (Å²) in [6.07, 6.45) is 1.64. The van der Waals surface area contributed by atoms with Gasteiger partial charge in [0.1, 0.15) is 5.82 Å². The van der Waals surface area contributed by atoms with Gasteiger partial charge in [-0.05, 0) is 49.4 Å². The summed E-state index contributed by atoms with van der Waals surface area (Å²) in [6, 6.07) is 14.3. The summed E-state index contributed by atoms with van der Waals surface area (Å²) >= 11 is 1.69. The number of nitrogens with zero attached hydrogens (tertiary/aromatic N) is 3. The number of benzene rings is 1. The monoisotopic (exact) mass is 479 g/mol. The van der Waals surface area contributed by atoms with Crippen molar-refractivity contribution in [3.8, 4) is 10.6 Å². The molecule has 2 aliphatic heterocycles. The van der Waals surface area contributed by atoms with Gasteiger partial charge in [0.05, 0.1) is 41.9 Å². The number of piperidine rings is 1. The van der Waals surface area contributed by atoms with Crippen LogP contribution in [0.1, 0.15) is 30.1 Å². The second-order valence-electron chi connectivity index (χ2n) is 8.66. The Kier molecular flexibility index (Phi) is 6.78. The first-order valence-electron chi connectivity index (χ1n) is 11.9. The number of morpholine rings is 1. The molecule has 0 spiro atoms. The molecule has 1 atom stereocenters. The fourth-order valence-electron chi connectivity index (χ4n) is 4.66. The molecule has 0 bridgehead atoms. The number of hydrogen-bond donors (Lipinski definition) is 0. The topological polar surface area (TPSA) is 72.0 Å². The molecule has 0 aliphatic carbocycles. The lowest BCUT2D eigenvalue weighted by molar-refractivity contribution is -0.148. The molecule has 2 aromatic heterocycles. The van der Waals surface area contributed by atoms with Gasteiger partial charge in [-0.25, -0.2) is 4.98 Å². The third kappa shape index (κ3) is 4.65. The van der Waals surface area contributed by atoms with Gasteiger partial charge in [-0.2, -0.15) is 0 Å². The molecular weight excluding hydrogens is 450 g/mol. The van der Waals surface area contributed by atoms with Gasteiger partial charge in [0, 0.05) is 30.9 Å². The van der Waals surface area contributed by atoms with Gasteiger partial charge in [-0.1, -0.05) is 18.2 Å². The Labute approximate surface area is 203 Å². The predicted octanol–water partition coefficient (Wildman–Crippen LogP) is 4.22. The summed E-state index contributed by atoms with van der Waals surface area (Å²) in [5.41, 5.74) is 1.42. The van der Waals surface area contributed by atoms with E-state index in [0.29, 0.717) is 50.8 Å². The van der Waals surface area contributed by atoms with Crippen molar-refractivity contribution in [3.05, 3.63) is 48.0 Å². The smallest absolute Gasteiger partial charge is 0.310 e. The van der Waals surface area contributed by atoms with E-state index in [2.05, 4.69) is 23.1 Å². The van der Waals surface area contributed by atoms with Gasteiger partial charge >= 0.3 is 5.97 Å². The van der Waals surface area contributed by atoms with Gasteiger partial charge in [0.2, 0.25) is 0 Å². The fraction of sp³-hybridized carbons (Fsp3) is 0.423. The minimum atomic E-state index is -0.213. The number of amides is 1. The van der Waals surface area contributed by atoms with Crippen molar-refractivity contribution in [1.29, 1.82) is 0 Å². The van der Waals surface area contributed by atoms with Crippen LogP contribution in [-0.4, -0.2) is 67.8 Å². The standard InChI is InChI=1S/C26H29N3O4S/c1-2-33-26(31)19-7-5-11-29(17-19)24-20(25(30)28-12-14-32-15-13-28)9-10-21(27-24)23-16-18-6-3-4-8-22(18)34-23/h3-4,6,8-10,16,19H,2,5,7,11-15,17H2,1H3. The van der Waals surface area contributed by atoms with Crippen LogP contribution in [0.25, 0.3) is 20.7 Å². The van der Waals surface area contributed by atoms with E-state index in [9.17, 15) is 9.59 Å². The minimum absolute atomic E-state index is 0.0352. The zero-order valence-electron chi connectivity index (χ0n) is 19.4. The summed E-state index contributed by atoms with van der Waals surface area (Å²) in [5.74, 6) is 0.233. The molecule has 1 aromatic carbocycles. The van der Waals surface area contributed by atoms with Crippen molar-refractivity contribution < 1.29 is 19.1 Å². The van der Waals surface area contributed by atoms with Crippen LogP contribution in [0.2, 0.25) is 0 Å². The maximum Gasteiger partial charge on any atom is 0.310 e. The Morgan fingerprint density at radius 2 is 1.97 bits per heavy atom. The fourth-order valence-corrected chi connectivity index (χ4v) is 5.69. The van der Waals surface area contributed by atoms with Crippen molar-refractivity contribution >= 4 is 39.1 Å². The first-order chi connectivity index (χ1) is 16.6. The minimum Gasteiger partial charge on any atom is -0.466 e. The van der Waals surface area contributed by atoms with E-state index >= 15 is 0 Å². The molecule has 1 unspecified atom stereocenters. The number of fused-ring (bicyclic) bond motifs is 1. The van der Waals surface area contributed by atoms with Crippen molar-refractivity contribution in [3.63, 3.8) is 0 Å². The first-order valence-corrected chi connectivity index (χ1v) is 12.7. The van der Waals surface area contributed by atoms with E-state index in [1.165, 1.54) is 10.1 Å². The summed E-state index contributed by atoms with van der Waals surface area (Å²) in [7, 11) is 0. The number of carbonyl (C=O) groups excluding carboxylic acids is 2. The van der Waals surface area contributed by atoms with Crippen LogP contribution in [0.15, 0.2) is 42.5 Å². The van der Waals surface area contributed by atoms with Gasteiger partial charge in [0.25, 0.3) is 5.91 Å². The van der Waals surface area contributed by atoms with Crippen LogP contribution >= 0.6 is 11.3 Å². The highest BCUT2D eigenvalue weighted by Crippen LogP contribution is 2.35. The van der Waals surface area contributed by atoms with Crippen LogP contribution < -0.4 is 4.90 Å². The number of ether oxygens (including phenoxy) is 2. The zero-order valence-corrected chi connectivity index (χ0v) is 20.2. The number of rotatable bonds is 5. The van der Waals surface area contributed by atoms with Crippen LogP contribution in [0, 0.1) is 5.92 Å². The van der Waals surface area contributed by atoms with Gasteiger partial charge in [-0.3, -0.25) is 9.59 Å². The van der Waals surface area contributed by atoms with Crippen molar-refractivity contribution in [1.82, 2.24) is 9.88 Å². The summed E-state index contributed by atoms with van der Waals surface area (Å²) in [6.45, 7) is 5.69. The van der Waals surface area contributed by atoms with E-state index in [0.717, 1.165) is 30.0 Å². The quantitative estimate of drug-likeness (QED) is 0.511. The molecule has 2 saturated heterocycles. The lowest BCUT2D eigenvalue weighted by Gasteiger charge is -2.34. The molecular formula is C26H29N3O4S. The summed E-state index contributed by atoms with van der Waals surface area (Å²) in [4.78, 5) is 36.0. The third-order valence-corrected chi connectivity index (χ3v) is 7.56. The molecule has 4 heterocycles. The second kappa shape index (κ2) is 10.1. The number of hydrogen-bond acceptors (Lipinski definition) is 7. The van der Waals surface area contributed by atoms with E-state index in [1.54, 1.807) is 11.3 Å². The van der Waals surface area contributed by atoms with Gasteiger partial charge < -0.3 is 19.3 Å². The van der Waals surface area contributed by atoms with E-state index in [1.807, 2.05) is 36.1 Å². The Bertz CT molecular complexity index is 1150. The molecule has 0 N–H and O–H groups in total. The molecule has 178 valence electrons. The summed E-state index contributed by atoms with van der Waals surface area (Å²) in [5, 5.41) is 1.18. The lowest BCUT2D eigenvalue weighted by Crippen LogP contribution is -2.43. The molecule has 2 aliphatic rings. The first kappa shape index (κ1) is 22.8. The van der Waals surface area contributed by atoms with Crippen molar-refractivity contribution in [2.24, 2.45) is 5.92 Å². The Morgan fingerprint density at radius 1 is 1.15 bits per heavy atom. The van der Waals surface area contributed by atoms with E-state index in [4.69, 9.17) is 14.5 Å². The molecule has 7 nitrogen and oxygen atoms in total. The molecule has 2 fully saturated rings. The average molecular weight is 480 g/mol. The number of anilines is 1. The Hall–Kier alpha value is -2.97. The lowest BCUT2D eigenvalue weighted by atomic mass is 9.97. The van der Waals surface area contributed by atoms with E-state index < -0.39 is 0 Å². The number of aromatic nitrogens is 1. The molecule has 34 heavy (non-hydrogen) atoms. The maximum atomic E-state index is 13.5. The van der Waals surface area contributed by atoms with Crippen molar-refractivity contribution in [2.45, 2.75) is 19.8 Å². The van der Waals surface area contributed by atoms with Crippen LogP contribution in [0.3, 0.4) is 0 Å². The number of thiophene rings is 1. The molecule has 3 aromatic rings. The van der Waals surface area contributed by atoms with Crippen molar-refractivity contribution in [2.75, 3.05) is 50.9 Å². The normalized spacial score (nSPS) is 18.8. The van der Waals surface area contributed by atoms with Crippen LogP contribution in [0.5, 0.6) is 0 Å². The second-order valence-corrected chi connectivity index (χ2v) is 9.74. The SMILES string of the molecule is CCOC(=O)C1CCCN(c2nc(-c3cc4ccccc4s3)ccc2C(=O)N2CCOCC2)C1. The number of esters is 1. The number of pyridine rings is 1. The van der Waals surface area contributed by atoms with E-state index in [-0.39, 0.29) is 17.8 Å². The molecule has 5 rings (SSSR count). The predicted molar refractivity (Wildman–Crippen MR) is 133 cm³/mol. The highest BCUT2D eigenvalue weighted by molar-refractivity contribution is 7.22. The maximum absolute atomic E-state index is 13.5. The third-order valence-electron chi connectivity index (χ3n) is 6.42. The highest BCUT2D eigenvalue weighted by atomic mass is 32.1. The van der Waals surface area contributed by atoms with Crippen LogP contribution in [0.4, 0.5) is 5.82 Å². The van der Waals surface area contributed by atoms with Gasteiger partial charge in [0.15, 0.2) is 0 Å².